The van der Waals surface area contributed by atoms with Crippen LogP contribution in [0.1, 0.15) is 150 Å². The summed E-state index contributed by atoms with van der Waals surface area (Å²) in [6.45, 7) is 27.3. The van der Waals surface area contributed by atoms with Gasteiger partial charge in [0.05, 0.1) is 33.9 Å². The maximum Gasteiger partial charge on any atom is 0.101 e. The van der Waals surface area contributed by atoms with E-state index >= 15 is 0 Å². The van der Waals surface area contributed by atoms with Crippen LogP contribution in [-0.2, 0) is 21.7 Å². The number of aromatic nitrogens is 4. The number of hydrogen-bond donors (Lipinski definition) is 2. The molecule has 4 aromatic carbocycles. The summed E-state index contributed by atoms with van der Waals surface area (Å²) >= 11 is 0. The fourth-order valence-corrected chi connectivity index (χ4v) is 9.43. The zero-order valence-electron chi connectivity index (χ0n) is 42.5. The molecule has 8 bridgehead atoms. The number of benzene rings is 4. The van der Waals surface area contributed by atoms with Gasteiger partial charge < -0.3 is 9.97 Å². The molecule has 7 aromatic rings. The lowest BCUT2D eigenvalue weighted by atomic mass is 9.77. The monoisotopic (exact) mass is 912 g/mol. The lowest BCUT2D eigenvalue weighted by Gasteiger charge is -2.27. The van der Waals surface area contributed by atoms with Gasteiger partial charge in [-0.05, 0) is 146 Å². The molecule has 0 radical (unpaired) electrons. The standard InChI is InChI=1S/C64H60N6/c1-61(2,3)44-21-25-50(63(7,8)9)48(34-44)59-54-27-23-46(67-54)36-47-24-28-55(68-47)60(49-35-45(62(4,5)6)22-26-51(49)64(10,11)12)57-32-30-53(70-57)58(52-29-31-56(59)69-52)41-18-15-39(16-19-41)13-14-40-17-20-42(37-65)43(33-40)38-66/h15-36,67,70H,1-12H3. The smallest absolute Gasteiger partial charge is 0.101 e. The van der Waals surface area contributed by atoms with Crippen molar-refractivity contribution in [2.75, 3.05) is 0 Å². The van der Waals surface area contributed by atoms with E-state index in [1.807, 2.05) is 12.1 Å². The van der Waals surface area contributed by atoms with Crippen LogP contribution < -0.4 is 0 Å². The first-order chi connectivity index (χ1) is 33.1. The summed E-state index contributed by atoms with van der Waals surface area (Å²) < 4.78 is 0. The molecule has 9 rings (SSSR count). The van der Waals surface area contributed by atoms with Gasteiger partial charge in [0.2, 0.25) is 0 Å². The maximum absolute atomic E-state index is 9.62. The molecule has 0 amide bonds. The van der Waals surface area contributed by atoms with Gasteiger partial charge in [0.25, 0.3) is 0 Å². The Morgan fingerprint density at radius 1 is 0.414 bits per heavy atom. The highest BCUT2D eigenvalue weighted by Gasteiger charge is 2.27. The molecule has 3 aromatic heterocycles. The summed E-state index contributed by atoms with van der Waals surface area (Å²) in [5.74, 6) is 6.48. The molecule has 6 heteroatoms. The van der Waals surface area contributed by atoms with Crippen LogP contribution in [0.15, 0.2) is 109 Å². The largest absolute Gasteiger partial charge is 0.355 e. The van der Waals surface area contributed by atoms with Gasteiger partial charge in [-0.1, -0.05) is 143 Å². The molecule has 5 heterocycles. The minimum Gasteiger partial charge on any atom is -0.355 e. The molecule has 2 aliphatic heterocycles. The number of H-pyrrole nitrogens is 2. The topological polar surface area (TPSA) is 105 Å². The summed E-state index contributed by atoms with van der Waals surface area (Å²) in [6, 6.07) is 42.3. The molecule has 346 valence electrons. The van der Waals surface area contributed by atoms with E-state index in [9.17, 15) is 10.5 Å². The quantitative estimate of drug-likeness (QED) is 0.172. The van der Waals surface area contributed by atoms with Crippen molar-refractivity contribution < 1.29 is 0 Å². The third-order valence-electron chi connectivity index (χ3n) is 13.3. The van der Waals surface area contributed by atoms with Crippen molar-refractivity contribution in [1.82, 2.24) is 19.9 Å². The minimum absolute atomic E-state index is 0.0769. The molecule has 2 N–H and O–H groups in total. The maximum atomic E-state index is 9.62. The molecular weight excluding hydrogens is 853 g/mol. The molecule has 0 aliphatic carbocycles. The third kappa shape index (κ3) is 9.29. The van der Waals surface area contributed by atoms with E-state index in [4.69, 9.17) is 9.97 Å². The number of aromatic amines is 2. The van der Waals surface area contributed by atoms with Crippen molar-refractivity contribution in [1.29, 1.82) is 10.5 Å². The van der Waals surface area contributed by atoms with Gasteiger partial charge in [-0.15, -0.1) is 0 Å². The van der Waals surface area contributed by atoms with E-state index < -0.39 is 0 Å². The average Bonchev–Trinajstić information content (AvgIpc) is 4.15. The second-order valence-electron chi connectivity index (χ2n) is 22.7. The SMILES string of the molecule is CC(C)(C)c1ccc(C(C)(C)C)c(-c2c3nc(c(-c4ccc(C#Cc5ccc(C#N)c(C#N)c5)cc4)c4ccc([nH]4)c(-c4cc(C(C)(C)C)ccc4C(C)(C)C)c4nc(cc5ccc2[nH]5)C=C4)C=C3)c1. The van der Waals surface area contributed by atoms with Gasteiger partial charge in [0.15, 0.2) is 0 Å². The van der Waals surface area contributed by atoms with E-state index in [2.05, 4.69) is 220 Å². The molecule has 0 unspecified atom stereocenters. The van der Waals surface area contributed by atoms with Crippen LogP contribution in [0, 0.1) is 34.5 Å². The van der Waals surface area contributed by atoms with E-state index in [-0.39, 0.29) is 21.7 Å². The van der Waals surface area contributed by atoms with Crippen molar-refractivity contribution in [2.24, 2.45) is 0 Å². The highest BCUT2D eigenvalue weighted by atomic mass is 14.8. The highest BCUT2D eigenvalue weighted by molar-refractivity contribution is 5.98. The van der Waals surface area contributed by atoms with Gasteiger partial charge in [0, 0.05) is 49.9 Å². The van der Waals surface area contributed by atoms with Gasteiger partial charge in [-0.2, -0.15) is 10.5 Å². The van der Waals surface area contributed by atoms with Crippen LogP contribution in [-0.4, -0.2) is 19.9 Å². The number of fused-ring (bicyclic) bond motifs is 8. The van der Waals surface area contributed by atoms with E-state index in [0.29, 0.717) is 16.7 Å². The Bertz CT molecular complexity index is 3570. The van der Waals surface area contributed by atoms with Gasteiger partial charge in [-0.25, -0.2) is 9.97 Å². The van der Waals surface area contributed by atoms with Crippen LogP contribution in [0.25, 0.3) is 79.8 Å². The van der Waals surface area contributed by atoms with Crippen LogP contribution >= 0.6 is 0 Å². The Morgan fingerprint density at radius 3 is 1.46 bits per heavy atom. The molecule has 0 saturated heterocycles. The molecule has 0 fully saturated rings. The van der Waals surface area contributed by atoms with Crippen LogP contribution in [0.3, 0.4) is 0 Å². The second kappa shape index (κ2) is 17.5. The van der Waals surface area contributed by atoms with Gasteiger partial charge in [-0.3, -0.25) is 0 Å². The fraction of sp³-hybridized carbons (Fsp3) is 0.250. The highest BCUT2D eigenvalue weighted by Crippen LogP contribution is 2.43. The van der Waals surface area contributed by atoms with Crippen molar-refractivity contribution >= 4 is 46.4 Å². The Morgan fingerprint density at radius 2 is 0.900 bits per heavy atom. The van der Waals surface area contributed by atoms with Crippen LogP contribution in [0.2, 0.25) is 0 Å². The Balaban J connectivity index is 1.38. The van der Waals surface area contributed by atoms with Crippen LogP contribution in [0.5, 0.6) is 0 Å². The molecule has 0 spiro atoms. The normalized spacial score (nSPS) is 12.6. The van der Waals surface area contributed by atoms with Crippen molar-refractivity contribution in [3.63, 3.8) is 0 Å². The van der Waals surface area contributed by atoms with E-state index in [1.165, 1.54) is 22.3 Å². The Hall–Kier alpha value is -7.98. The Labute approximate surface area is 413 Å². The predicted octanol–water partition coefficient (Wildman–Crippen LogP) is 16.0. The number of rotatable bonds is 3. The number of nitrogens with one attached hydrogen (secondary N) is 2. The van der Waals surface area contributed by atoms with Gasteiger partial charge >= 0.3 is 0 Å². The number of nitrogens with zero attached hydrogens (tertiary/aromatic N) is 4. The second-order valence-corrected chi connectivity index (χ2v) is 22.7. The summed E-state index contributed by atoms with van der Waals surface area (Å²) in [6.07, 6.45) is 8.58. The van der Waals surface area contributed by atoms with E-state index in [1.54, 1.807) is 18.2 Å². The summed E-state index contributed by atoms with van der Waals surface area (Å²) in [5, 5.41) is 19.1. The number of nitriles is 2. The van der Waals surface area contributed by atoms with Crippen molar-refractivity contribution in [3.05, 3.63) is 176 Å². The first-order valence-corrected chi connectivity index (χ1v) is 24.1. The average molecular weight is 913 g/mol. The lowest BCUT2D eigenvalue weighted by molar-refractivity contribution is 0.578. The molecule has 2 aliphatic rings. The molecule has 70 heavy (non-hydrogen) atoms. The fourth-order valence-electron chi connectivity index (χ4n) is 9.43. The first-order valence-electron chi connectivity index (χ1n) is 24.1. The van der Waals surface area contributed by atoms with Crippen molar-refractivity contribution in [2.45, 2.75) is 105 Å². The van der Waals surface area contributed by atoms with Crippen LogP contribution in [0.4, 0.5) is 0 Å². The zero-order chi connectivity index (χ0) is 49.9. The molecular formula is C64H60N6. The van der Waals surface area contributed by atoms with Gasteiger partial charge in [0.1, 0.15) is 12.1 Å². The molecule has 0 atom stereocenters. The lowest BCUT2D eigenvalue weighted by Crippen LogP contribution is -2.16. The molecule has 0 saturated carbocycles. The summed E-state index contributed by atoms with van der Waals surface area (Å²) in [4.78, 5) is 18.8. The summed E-state index contributed by atoms with van der Waals surface area (Å²) in [7, 11) is 0. The number of hydrogen-bond acceptors (Lipinski definition) is 4. The predicted molar refractivity (Wildman–Crippen MR) is 292 cm³/mol. The third-order valence-corrected chi connectivity index (χ3v) is 13.3. The minimum atomic E-state index is -0.158. The molecule has 6 nitrogen and oxygen atoms in total. The first kappa shape index (κ1) is 47.1. The Kier molecular flexibility index (Phi) is 11.8. The summed E-state index contributed by atoms with van der Waals surface area (Å²) in [5.41, 5.74) is 20.2. The van der Waals surface area contributed by atoms with E-state index in [0.717, 1.165) is 83.8 Å². The zero-order valence-corrected chi connectivity index (χ0v) is 42.5. The van der Waals surface area contributed by atoms with Crippen molar-refractivity contribution in [3.8, 4) is 57.4 Å².